The van der Waals surface area contributed by atoms with Crippen LogP contribution in [0.2, 0.25) is 0 Å². The summed E-state index contributed by atoms with van der Waals surface area (Å²) in [7, 11) is 0. The fourth-order valence-electron chi connectivity index (χ4n) is 2.05. The number of carbonyl (C=O) groups is 1. The van der Waals surface area contributed by atoms with Crippen molar-refractivity contribution in [2.75, 3.05) is 0 Å². The Morgan fingerprint density at radius 1 is 1.19 bits per heavy atom. The summed E-state index contributed by atoms with van der Waals surface area (Å²) in [5.41, 5.74) is 3.88. The lowest BCUT2D eigenvalue weighted by atomic mass is 10.1. The predicted molar refractivity (Wildman–Crippen MR) is 92.6 cm³/mol. The minimum absolute atomic E-state index is 0.00371. The monoisotopic (exact) mass is 351 g/mol. The average molecular weight is 351 g/mol. The van der Waals surface area contributed by atoms with Crippen LogP contribution in [0.25, 0.3) is 11.3 Å². The Labute approximate surface area is 147 Å². The van der Waals surface area contributed by atoms with E-state index < -0.39 is 10.8 Å². The first-order valence-electron chi connectivity index (χ1n) is 7.49. The van der Waals surface area contributed by atoms with Gasteiger partial charge in [-0.2, -0.15) is 5.10 Å². The van der Waals surface area contributed by atoms with Gasteiger partial charge in [-0.1, -0.05) is 0 Å². The average Bonchev–Trinajstić information content (AvgIpc) is 3.11. The summed E-state index contributed by atoms with van der Waals surface area (Å²) in [6, 6.07) is 9.35. The van der Waals surface area contributed by atoms with E-state index in [2.05, 4.69) is 20.5 Å². The molecule has 9 heteroatoms. The molecule has 1 amide bonds. The van der Waals surface area contributed by atoms with E-state index in [1.54, 1.807) is 31.2 Å². The third-order valence-corrected chi connectivity index (χ3v) is 3.36. The highest BCUT2D eigenvalue weighted by atomic mass is 16.6. The van der Waals surface area contributed by atoms with E-state index in [9.17, 15) is 14.9 Å². The maximum absolute atomic E-state index is 11.8. The zero-order chi connectivity index (χ0) is 18.5. The number of hydrogen-bond acceptors (Lipinski definition) is 7. The van der Waals surface area contributed by atoms with Gasteiger partial charge < -0.3 is 4.42 Å². The zero-order valence-electron chi connectivity index (χ0n) is 13.6. The van der Waals surface area contributed by atoms with Crippen molar-refractivity contribution in [1.82, 2.24) is 15.4 Å². The van der Waals surface area contributed by atoms with Crippen molar-refractivity contribution in [3.8, 4) is 11.3 Å². The van der Waals surface area contributed by atoms with Gasteiger partial charge in [-0.15, -0.1) is 0 Å². The maximum Gasteiger partial charge on any atom is 0.291 e. The van der Waals surface area contributed by atoms with Gasteiger partial charge >= 0.3 is 0 Å². The Balaban J connectivity index is 1.64. The molecule has 2 heterocycles. The SMILES string of the molecule is Cc1cnc(C(=O)NN=Cc2ccc(-c3ccc([N+](=O)[O-])cc3)o2)cn1. The highest BCUT2D eigenvalue weighted by Crippen LogP contribution is 2.23. The minimum atomic E-state index is -0.490. The Hall–Kier alpha value is -3.88. The second-order valence-corrected chi connectivity index (χ2v) is 5.25. The van der Waals surface area contributed by atoms with Crippen LogP contribution in [-0.4, -0.2) is 27.0 Å². The third kappa shape index (κ3) is 3.96. The number of aromatic nitrogens is 2. The number of rotatable bonds is 5. The van der Waals surface area contributed by atoms with Gasteiger partial charge in [-0.05, 0) is 31.2 Å². The third-order valence-electron chi connectivity index (χ3n) is 3.36. The minimum Gasteiger partial charge on any atom is -0.455 e. The molecular weight excluding hydrogens is 338 g/mol. The van der Waals surface area contributed by atoms with Crippen molar-refractivity contribution in [3.05, 3.63) is 76.1 Å². The lowest BCUT2D eigenvalue weighted by Gasteiger charge is -1.98. The van der Waals surface area contributed by atoms with Gasteiger partial charge in [0.15, 0.2) is 0 Å². The number of aryl methyl sites for hydroxylation is 1. The van der Waals surface area contributed by atoms with E-state index in [0.717, 1.165) is 0 Å². The van der Waals surface area contributed by atoms with E-state index >= 15 is 0 Å². The van der Waals surface area contributed by atoms with Crippen LogP contribution in [0.4, 0.5) is 5.69 Å². The van der Waals surface area contributed by atoms with E-state index in [1.165, 1.54) is 30.7 Å². The van der Waals surface area contributed by atoms with Gasteiger partial charge in [0.05, 0.1) is 23.0 Å². The van der Waals surface area contributed by atoms with Gasteiger partial charge in [-0.3, -0.25) is 19.9 Å². The van der Waals surface area contributed by atoms with Crippen molar-refractivity contribution in [3.63, 3.8) is 0 Å². The van der Waals surface area contributed by atoms with Crippen LogP contribution in [0.1, 0.15) is 21.9 Å². The molecule has 1 N–H and O–H groups in total. The van der Waals surface area contributed by atoms with Crippen molar-refractivity contribution in [2.24, 2.45) is 5.10 Å². The number of furan rings is 1. The largest absolute Gasteiger partial charge is 0.455 e. The molecule has 0 aliphatic carbocycles. The number of carbonyl (C=O) groups excluding carboxylic acids is 1. The molecule has 0 fully saturated rings. The van der Waals surface area contributed by atoms with Crippen LogP contribution in [0, 0.1) is 17.0 Å². The van der Waals surface area contributed by atoms with E-state index in [0.29, 0.717) is 22.8 Å². The van der Waals surface area contributed by atoms with Gasteiger partial charge in [0.1, 0.15) is 17.2 Å². The van der Waals surface area contributed by atoms with E-state index in [4.69, 9.17) is 4.42 Å². The summed E-state index contributed by atoms with van der Waals surface area (Å²) in [6.45, 7) is 1.77. The van der Waals surface area contributed by atoms with Crippen LogP contribution >= 0.6 is 0 Å². The van der Waals surface area contributed by atoms with E-state index in [-0.39, 0.29) is 11.4 Å². The number of benzene rings is 1. The zero-order valence-corrected chi connectivity index (χ0v) is 13.6. The number of amides is 1. The molecule has 0 aliphatic heterocycles. The number of nitro benzene ring substituents is 1. The molecule has 0 aliphatic rings. The van der Waals surface area contributed by atoms with Crippen molar-refractivity contribution >= 4 is 17.8 Å². The molecule has 0 saturated carbocycles. The predicted octanol–water partition coefficient (Wildman–Crippen LogP) is 2.72. The number of nitrogens with zero attached hydrogens (tertiary/aromatic N) is 4. The lowest BCUT2D eigenvalue weighted by Crippen LogP contribution is -2.19. The molecule has 0 atom stereocenters. The van der Waals surface area contributed by atoms with Crippen LogP contribution in [-0.2, 0) is 0 Å². The molecule has 0 saturated heterocycles. The summed E-state index contributed by atoms with van der Waals surface area (Å²) in [6.07, 6.45) is 4.19. The Morgan fingerprint density at radius 2 is 1.96 bits per heavy atom. The first kappa shape index (κ1) is 17.0. The quantitative estimate of drug-likeness (QED) is 0.428. The Bertz CT molecular complexity index is 962. The van der Waals surface area contributed by atoms with Crippen molar-refractivity contribution in [1.29, 1.82) is 0 Å². The molecule has 26 heavy (non-hydrogen) atoms. The number of hydrogen-bond donors (Lipinski definition) is 1. The highest BCUT2D eigenvalue weighted by Gasteiger charge is 2.08. The standard InChI is InChI=1S/C17H13N5O4/c1-11-8-19-15(10-18-11)17(23)21-20-9-14-6-7-16(26-14)12-2-4-13(5-3-12)22(24)25/h2-10H,1H3,(H,21,23). The fourth-order valence-corrected chi connectivity index (χ4v) is 2.05. The molecule has 130 valence electrons. The van der Waals surface area contributed by atoms with Crippen LogP contribution in [0.15, 0.2) is 58.3 Å². The molecule has 9 nitrogen and oxygen atoms in total. The van der Waals surface area contributed by atoms with Gasteiger partial charge in [0.2, 0.25) is 0 Å². The second-order valence-electron chi connectivity index (χ2n) is 5.25. The molecule has 3 rings (SSSR count). The summed E-state index contributed by atoms with van der Waals surface area (Å²) in [4.78, 5) is 30.0. The normalized spacial score (nSPS) is 10.8. The van der Waals surface area contributed by atoms with E-state index in [1.807, 2.05) is 0 Å². The molecule has 0 unspecified atom stereocenters. The number of non-ortho nitro benzene ring substituents is 1. The molecule has 0 bridgehead atoms. The molecule has 2 aromatic heterocycles. The smallest absolute Gasteiger partial charge is 0.291 e. The Kier molecular flexibility index (Phi) is 4.79. The van der Waals surface area contributed by atoms with Crippen LogP contribution in [0.3, 0.4) is 0 Å². The fraction of sp³-hybridized carbons (Fsp3) is 0.0588. The molecular formula is C17H13N5O4. The summed E-state index contributed by atoms with van der Waals surface area (Å²) in [5.74, 6) is 0.446. The van der Waals surface area contributed by atoms with Gasteiger partial charge in [-0.25, -0.2) is 10.4 Å². The topological polar surface area (TPSA) is 124 Å². The summed E-state index contributed by atoms with van der Waals surface area (Å²) < 4.78 is 5.57. The highest BCUT2D eigenvalue weighted by molar-refractivity contribution is 5.92. The summed E-state index contributed by atoms with van der Waals surface area (Å²) >= 11 is 0. The van der Waals surface area contributed by atoms with Gasteiger partial charge in [0.25, 0.3) is 11.6 Å². The molecule has 0 radical (unpaired) electrons. The lowest BCUT2D eigenvalue weighted by molar-refractivity contribution is -0.384. The first-order valence-corrected chi connectivity index (χ1v) is 7.49. The first-order chi connectivity index (χ1) is 12.5. The summed E-state index contributed by atoms with van der Waals surface area (Å²) in [5, 5.41) is 14.5. The van der Waals surface area contributed by atoms with Crippen molar-refractivity contribution in [2.45, 2.75) is 6.92 Å². The number of nitrogens with one attached hydrogen (secondary N) is 1. The number of hydrazone groups is 1. The van der Waals surface area contributed by atoms with Crippen molar-refractivity contribution < 1.29 is 14.1 Å². The molecule has 0 spiro atoms. The number of nitro groups is 1. The molecule has 1 aromatic carbocycles. The molecule has 3 aromatic rings. The maximum atomic E-state index is 11.8. The Morgan fingerprint density at radius 3 is 2.62 bits per heavy atom. The van der Waals surface area contributed by atoms with Crippen LogP contribution in [0.5, 0.6) is 0 Å². The second kappa shape index (κ2) is 7.34. The van der Waals surface area contributed by atoms with Crippen LogP contribution < -0.4 is 5.43 Å². The van der Waals surface area contributed by atoms with Gasteiger partial charge in [0, 0.05) is 23.9 Å².